The van der Waals surface area contributed by atoms with Crippen LogP contribution >= 0.6 is 0 Å². The molecule has 0 aliphatic carbocycles. The van der Waals surface area contributed by atoms with Gasteiger partial charge in [-0.25, -0.2) is 4.98 Å². The molecule has 0 amide bonds. The van der Waals surface area contributed by atoms with Gasteiger partial charge in [0, 0.05) is 34.1 Å². The van der Waals surface area contributed by atoms with Crippen LogP contribution < -0.4 is 4.90 Å². The molecule has 0 N–H and O–H groups in total. The van der Waals surface area contributed by atoms with E-state index < -0.39 is 0 Å². The highest BCUT2D eigenvalue weighted by Gasteiger charge is 2.19. The van der Waals surface area contributed by atoms with Crippen molar-refractivity contribution in [3.63, 3.8) is 0 Å². The molecule has 0 atom stereocenters. The van der Waals surface area contributed by atoms with E-state index in [0.717, 1.165) is 55.7 Å². The number of rotatable bonds is 5. The number of nitrogens with zero attached hydrogens (tertiary/aromatic N) is 2. The summed E-state index contributed by atoms with van der Waals surface area (Å²) in [5.74, 6) is 0.601. The van der Waals surface area contributed by atoms with Crippen LogP contribution in [0, 0.1) is 0 Å². The van der Waals surface area contributed by atoms with Crippen LogP contribution in [-0.2, 0) is 0 Å². The van der Waals surface area contributed by atoms with Crippen molar-refractivity contribution in [2.45, 2.75) is 0 Å². The molecule has 49 heavy (non-hydrogen) atoms. The van der Waals surface area contributed by atoms with Gasteiger partial charge in [0.05, 0.1) is 5.39 Å². The number of hydrogen-bond donors (Lipinski definition) is 0. The zero-order chi connectivity index (χ0) is 32.3. The third-order valence-corrected chi connectivity index (χ3v) is 9.47. The Balaban J connectivity index is 1.09. The van der Waals surface area contributed by atoms with Crippen molar-refractivity contribution in [3.8, 4) is 22.6 Å². The van der Waals surface area contributed by atoms with E-state index in [1.807, 2.05) is 48.5 Å². The zero-order valence-electron chi connectivity index (χ0n) is 26.4. The standard InChI is InChI=1S/C45H28N2O2/c1-3-11-30(12-4-1)45-46-40-25-26-41-43(44(40)49-45)38-24-23-34(28-42(38)48-41)47(32-14-5-2-6-15-32)33-21-19-29(20-22-33)39-27-31-13-7-8-16-35(31)36-17-9-10-18-37(36)39/h1-28H. The summed E-state index contributed by atoms with van der Waals surface area (Å²) in [6, 6.07) is 59.3. The second kappa shape index (κ2) is 11.0. The second-order valence-corrected chi connectivity index (χ2v) is 12.4. The van der Waals surface area contributed by atoms with Gasteiger partial charge in [-0.15, -0.1) is 0 Å². The van der Waals surface area contributed by atoms with Crippen LogP contribution in [0.5, 0.6) is 0 Å². The Morgan fingerprint density at radius 2 is 1.10 bits per heavy atom. The molecule has 2 heterocycles. The molecule has 0 aliphatic rings. The Labute approximate surface area is 282 Å². The average Bonchev–Trinajstić information content (AvgIpc) is 3.77. The highest BCUT2D eigenvalue weighted by atomic mass is 16.4. The minimum absolute atomic E-state index is 0.601. The van der Waals surface area contributed by atoms with Gasteiger partial charge in [-0.1, -0.05) is 97.1 Å². The lowest BCUT2D eigenvalue weighted by atomic mass is 9.93. The van der Waals surface area contributed by atoms with E-state index in [0.29, 0.717) is 5.89 Å². The smallest absolute Gasteiger partial charge is 0.227 e. The van der Waals surface area contributed by atoms with Crippen molar-refractivity contribution in [1.82, 2.24) is 4.98 Å². The molecule has 0 bridgehead atoms. The summed E-state index contributed by atoms with van der Waals surface area (Å²) < 4.78 is 12.8. The number of benzene rings is 8. The summed E-state index contributed by atoms with van der Waals surface area (Å²) in [5.41, 5.74) is 9.57. The Kier molecular flexibility index (Phi) is 6.15. The number of anilines is 3. The van der Waals surface area contributed by atoms with E-state index in [1.54, 1.807) is 0 Å². The molecule has 0 fully saturated rings. The first-order valence-corrected chi connectivity index (χ1v) is 16.5. The van der Waals surface area contributed by atoms with Gasteiger partial charge in [0.2, 0.25) is 5.89 Å². The minimum Gasteiger partial charge on any atom is -0.456 e. The molecule has 2 aromatic heterocycles. The molecule has 10 rings (SSSR count). The number of fused-ring (bicyclic) bond motifs is 8. The molecule has 230 valence electrons. The first kappa shape index (κ1) is 27.5. The lowest BCUT2D eigenvalue weighted by Gasteiger charge is -2.25. The fourth-order valence-corrected chi connectivity index (χ4v) is 7.19. The third-order valence-electron chi connectivity index (χ3n) is 9.47. The monoisotopic (exact) mass is 628 g/mol. The maximum absolute atomic E-state index is 6.48. The predicted molar refractivity (Wildman–Crippen MR) is 202 cm³/mol. The zero-order valence-corrected chi connectivity index (χ0v) is 26.4. The molecule has 0 radical (unpaired) electrons. The summed E-state index contributed by atoms with van der Waals surface area (Å²) in [7, 11) is 0. The Morgan fingerprint density at radius 1 is 0.429 bits per heavy atom. The van der Waals surface area contributed by atoms with Crippen LogP contribution in [0.25, 0.3) is 77.2 Å². The minimum atomic E-state index is 0.601. The van der Waals surface area contributed by atoms with Crippen LogP contribution in [-0.4, -0.2) is 4.98 Å². The van der Waals surface area contributed by atoms with Gasteiger partial charge in [0.1, 0.15) is 16.7 Å². The van der Waals surface area contributed by atoms with E-state index >= 15 is 0 Å². The lowest BCUT2D eigenvalue weighted by Crippen LogP contribution is -2.09. The van der Waals surface area contributed by atoms with E-state index in [9.17, 15) is 0 Å². The number of furan rings is 1. The average molecular weight is 629 g/mol. The van der Waals surface area contributed by atoms with Gasteiger partial charge in [-0.05, 0) is 99.4 Å². The summed E-state index contributed by atoms with van der Waals surface area (Å²) in [6.07, 6.45) is 0. The maximum Gasteiger partial charge on any atom is 0.227 e. The Morgan fingerprint density at radius 3 is 1.92 bits per heavy atom. The molecular weight excluding hydrogens is 601 g/mol. The van der Waals surface area contributed by atoms with Gasteiger partial charge in [-0.3, -0.25) is 0 Å². The van der Waals surface area contributed by atoms with Crippen LogP contribution in [0.3, 0.4) is 0 Å². The molecule has 0 aliphatic heterocycles. The van der Waals surface area contributed by atoms with E-state index in [4.69, 9.17) is 13.8 Å². The highest BCUT2D eigenvalue weighted by molar-refractivity contribution is 6.17. The first-order chi connectivity index (χ1) is 24.3. The van der Waals surface area contributed by atoms with Crippen molar-refractivity contribution in [3.05, 3.63) is 170 Å². The summed E-state index contributed by atoms with van der Waals surface area (Å²) in [4.78, 5) is 7.06. The topological polar surface area (TPSA) is 42.4 Å². The molecule has 10 aromatic rings. The summed E-state index contributed by atoms with van der Waals surface area (Å²) in [5, 5.41) is 6.96. The molecule has 0 saturated heterocycles. The quantitative estimate of drug-likeness (QED) is 0.178. The Hall–Kier alpha value is -6.65. The number of hydrogen-bond acceptors (Lipinski definition) is 4. The van der Waals surface area contributed by atoms with Gasteiger partial charge in [0.15, 0.2) is 5.58 Å². The molecule has 4 nitrogen and oxygen atoms in total. The van der Waals surface area contributed by atoms with Crippen LogP contribution in [0.15, 0.2) is 179 Å². The van der Waals surface area contributed by atoms with E-state index in [1.165, 1.54) is 32.7 Å². The largest absolute Gasteiger partial charge is 0.456 e. The second-order valence-electron chi connectivity index (χ2n) is 12.4. The molecule has 0 saturated carbocycles. The van der Waals surface area contributed by atoms with E-state index in [-0.39, 0.29) is 0 Å². The summed E-state index contributed by atoms with van der Waals surface area (Å²) in [6.45, 7) is 0. The van der Waals surface area contributed by atoms with Crippen LogP contribution in [0.1, 0.15) is 0 Å². The summed E-state index contributed by atoms with van der Waals surface area (Å²) >= 11 is 0. The number of para-hydroxylation sites is 1. The normalized spacial score (nSPS) is 11.7. The van der Waals surface area contributed by atoms with Gasteiger partial charge in [-0.2, -0.15) is 0 Å². The van der Waals surface area contributed by atoms with Crippen molar-refractivity contribution < 1.29 is 8.83 Å². The molecular formula is C45H28N2O2. The van der Waals surface area contributed by atoms with Crippen molar-refractivity contribution in [2.24, 2.45) is 0 Å². The number of oxazole rings is 1. The van der Waals surface area contributed by atoms with Crippen LogP contribution in [0.4, 0.5) is 17.1 Å². The molecule has 0 spiro atoms. The van der Waals surface area contributed by atoms with Gasteiger partial charge >= 0.3 is 0 Å². The van der Waals surface area contributed by atoms with Gasteiger partial charge in [0.25, 0.3) is 0 Å². The lowest BCUT2D eigenvalue weighted by molar-refractivity contribution is 0.622. The predicted octanol–water partition coefficient (Wildman–Crippen LogP) is 12.8. The maximum atomic E-state index is 6.48. The molecule has 4 heteroatoms. The SMILES string of the molecule is c1ccc(-c2nc3ccc4oc5cc(N(c6ccccc6)c6ccc(-c7cc8ccccc8c8ccccc78)cc6)ccc5c4c3o2)cc1. The van der Waals surface area contributed by atoms with Crippen molar-refractivity contribution >= 4 is 71.6 Å². The number of aromatic nitrogens is 1. The third kappa shape index (κ3) is 4.49. The van der Waals surface area contributed by atoms with E-state index in [2.05, 4.69) is 126 Å². The highest BCUT2D eigenvalue weighted by Crippen LogP contribution is 2.42. The molecule has 8 aromatic carbocycles. The first-order valence-electron chi connectivity index (χ1n) is 16.5. The van der Waals surface area contributed by atoms with Gasteiger partial charge < -0.3 is 13.7 Å². The van der Waals surface area contributed by atoms with Crippen molar-refractivity contribution in [2.75, 3.05) is 4.90 Å². The van der Waals surface area contributed by atoms with Crippen molar-refractivity contribution in [1.29, 1.82) is 0 Å². The van der Waals surface area contributed by atoms with Crippen LogP contribution in [0.2, 0.25) is 0 Å². The molecule has 0 unspecified atom stereocenters. The fourth-order valence-electron chi connectivity index (χ4n) is 7.19. The fraction of sp³-hybridized carbons (Fsp3) is 0. The Bertz CT molecular complexity index is 2820.